The van der Waals surface area contributed by atoms with Gasteiger partial charge in [-0.3, -0.25) is 4.79 Å². The number of hydrogen-bond donors (Lipinski definition) is 1. The Labute approximate surface area is 149 Å². The van der Waals surface area contributed by atoms with Crippen molar-refractivity contribution in [2.45, 2.75) is 51.5 Å². The first-order valence-electron chi connectivity index (χ1n) is 8.30. The summed E-state index contributed by atoms with van der Waals surface area (Å²) in [5.74, 6) is -0.209. The third-order valence-electron chi connectivity index (χ3n) is 4.42. The largest absolute Gasteiger partial charge is 0.326 e. The van der Waals surface area contributed by atoms with Gasteiger partial charge in [0, 0.05) is 29.7 Å². The van der Waals surface area contributed by atoms with Crippen LogP contribution in [0.2, 0.25) is 5.02 Å². The summed E-state index contributed by atoms with van der Waals surface area (Å²) in [5, 5.41) is 3.37. The molecule has 1 fully saturated rings. The summed E-state index contributed by atoms with van der Waals surface area (Å²) in [4.78, 5) is 12.1. The Morgan fingerprint density at radius 1 is 1.29 bits per heavy atom. The predicted octanol–water partition coefficient (Wildman–Crippen LogP) is 3.57. The predicted molar refractivity (Wildman–Crippen MR) is 97.9 cm³/mol. The van der Waals surface area contributed by atoms with E-state index in [0.717, 1.165) is 37.7 Å². The molecule has 1 aromatic rings. The van der Waals surface area contributed by atoms with Crippen molar-refractivity contribution < 1.29 is 13.2 Å². The van der Waals surface area contributed by atoms with Crippen molar-refractivity contribution in [2.75, 3.05) is 18.1 Å². The maximum atomic E-state index is 12.1. The van der Waals surface area contributed by atoms with Crippen LogP contribution in [0.3, 0.4) is 0 Å². The Kier molecular flexibility index (Phi) is 6.66. The SMILES string of the molecule is Cc1ccc(NC(=O)CCN(C2CCCCC2)S(C)(=O)=O)cc1Cl. The van der Waals surface area contributed by atoms with Crippen LogP contribution in [0, 0.1) is 6.92 Å². The lowest BCUT2D eigenvalue weighted by Crippen LogP contribution is -2.42. The van der Waals surface area contributed by atoms with Gasteiger partial charge in [0.25, 0.3) is 0 Å². The summed E-state index contributed by atoms with van der Waals surface area (Å²) in [5.41, 5.74) is 1.56. The van der Waals surface area contributed by atoms with Gasteiger partial charge < -0.3 is 5.32 Å². The maximum Gasteiger partial charge on any atom is 0.225 e. The van der Waals surface area contributed by atoms with Crippen LogP contribution >= 0.6 is 11.6 Å². The topological polar surface area (TPSA) is 66.5 Å². The molecular formula is C17H25ClN2O3S. The molecule has 0 atom stereocenters. The van der Waals surface area contributed by atoms with Crippen LogP contribution in [0.4, 0.5) is 5.69 Å². The van der Waals surface area contributed by atoms with Gasteiger partial charge in [0.05, 0.1) is 6.26 Å². The third kappa shape index (κ3) is 5.46. The molecule has 1 aliphatic carbocycles. The number of carbonyl (C=O) groups excluding carboxylic acids is 1. The molecule has 0 radical (unpaired) electrons. The van der Waals surface area contributed by atoms with Gasteiger partial charge in [-0.1, -0.05) is 36.9 Å². The highest BCUT2D eigenvalue weighted by molar-refractivity contribution is 7.88. The molecule has 0 heterocycles. The van der Waals surface area contributed by atoms with E-state index in [1.54, 1.807) is 12.1 Å². The molecule has 0 aromatic heterocycles. The van der Waals surface area contributed by atoms with E-state index in [2.05, 4.69) is 5.32 Å². The van der Waals surface area contributed by atoms with E-state index in [4.69, 9.17) is 11.6 Å². The molecule has 1 N–H and O–H groups in total. The van der Waals surface area contributed by atoms with Crippen LogP contribution in [0.5, 0.6) is 0 Å². The maximum absolute atomic E-state index is 12.1. The van der Waals surface area contributed by atoms with Crippen LogP contribution in [0.1, 0.15) is 44.1 Å². The number of sulfonamides is 1. The van der Waals surface area contributed by atoms with Crippen LogP contribution in [-0.2, 0) is 14.8 Å². The van der Waals surface area contributed by atoms with E-state index >= 15 is 0 Å². The lowest BCUT2D eigenvalue weighted by molar-refractivity contribution is -0.116. The number of benzene rings is 1. The van der Waals surface area contributed by atoms with E-state index in [-0.39, 0.29) is 24.9 Å². The molecule has 1 saturated carbocycles. The second kappa shape index (κ2) is 8.32. The number of halogens is 1. The van der Waals surface area contributed by atoms with Gasteiger partial charge in [0.15, 0.2) is 0 Å². The minimum Gasteiger partial charge on any atom is -0.326 e. The first kappa shape index (κ1) is 19.2. The quantitative estimate of drug-likeness (QED) is 0.830. The summed E-state index contributed by atoms with van der Waals surface area (Å²) in [6.07, 6.45) is 6.36. The molecule has 0 aliphatic heterocycles. The molecule has 24 heavy (non-hydrogen) atoms. The molecule has 0 bridgehead atoms. The smallest absolute Gasteiger partial charge is 0.225 e. The van der Waals surface area contributed by atoms with Crippen molar-refractivity contribution in [3.05, 3.63) is 28.8 Å². The number of hydrogen-bond acceptors (Lipinski definition) is 3. The average molecular weight is 373 g/mol. The van der Waals surface area contributed by atoms with Crippen LogP contribution < -0.4 is 5.32 Å². The first-order valence-corrected chi connectivity index (χ1v) is 10.5. The molecular weight excluding hydrogens is 348 g/mol. The molecule has 5 nitrogen and oxygen atoms in total. The standard InChI is InChI=1S/C17H25ClN2O3S/c1-13-8-9-14(12-16(13)18)19-17(21)10-11-20(24(2,22)23)15-6-4-3-5-7-15/h8-9,12,15H,3-7,10-11H2,1-2H3,(H,19,21). The molecule has 0 spiro atoms. The second-order valence-electron chi connectivity index (χ2n) is 6.43. The number of nitrogens with zero attached hydrogens (tertiary/aromatic N) is 1. The number of nitrogens with one attached hydrogen (secondary N) is 1. The van der Waals surface area contributed by atoms with E-state index < -0.39 is 10.0 Å². The highest BCUT2D eigenvalue weighted by Crippen LogP contribution is 2.25. The number of rotatable bonds is 6. The van der Waals surface area contributed by atoms with Gasteiger partial charge in [0.1, 0.15) is 0 Å². The van der Waals surface area contributed by atoms with Gasteiger partial charge in [0.2, 0.25) is 15.9 Å². The van der Waals surface area contributed by atoms with Crippen LogP contribution in [-0.4, -0.2) is 37.5 Å². The Balaban J connectivity index is 1.95. The average Bonchev–Trinajstić information content (AvgIpc) is 2.51. The molecule has 0 saturated heterocycles. The third-order valence-corrected chi connectivity index (χ3v) is 6.16. The van der Waals surface area contributed by atoms with Crippen molar-refractivity contribution in [1.29, 1.82) is 0 Å². The highest BCUT2D eigenvalue weighted by Gasteiger charge is 2.28. The Morgan fingerprint density at radius 2 is 1.96 bits per heavy atom. The van der Waals surface area contributed by atoms with Crippen molar-refractivity contribution in [1.82, 2.24) is 4.31 Å². The first-order chi connectivity index (χ1) is 11.3. The van der Waals surface area contributed by atoms with Crippen molar-refractivity contribution in [2.24, 2.45) is 0 Å². The molecule has 134 valence electrons. The normalized spacial score (nSPS) is 16.3. The van der Waals surface area contributed by atoms with E-state index in [9.17, 15) is 13.2 Å². The van der Waals surface area contributed by atoms with Crippen LogP contribution in [0.25, 0.3) is 0 Å². The fourth-order valence-electron chi connectivity index (χ4n) is 3.09. The number of carbonyl (C=O) groups is 1. The Bertz CT molecular complexity index is 685. The zero-order chi connectivity index (χ0) is 17.7. The fraction of sp³-hybridized carbons (Fsp3) is 0.588. The molecule has 0 unspecified atom stereocenters. The second-order valence-corrected chi connectivity index (χ2v) is 8.77. The number of aryl methyl sites for hydroxylation is 1. The Hall–Kier alpha value is -1.11. The summed E-state index contributed by atoms with van der Waals surface area (Å²) in [7, 11) is -3.31. The van der Waals surface area contributed by atoms with Crippen molar-refractivity contribution in [3.8, 4) is 0 Å². The molecule has 1 amide bonds. The summed E-state index contributed by atoms with van der Waals surface area (Å²) >= 11 is 6.05. The van der Waals surface area contributed by atoms with Gasteiger partial charge >= 0.3 is 0 Å². The van der Waals surface area contributed by atoms with Gasteiger partial charge in [-0.2, -0.15) is 4.31 Å². The van der Waals surface area contributed by atoms with E-state index in [1.807, 2.05) is 13.0 Å². The summed E-state index contributed by atoms with van der Waals surface area (Å²) in [6.45, 7) is 2.11. The lowest BCUT2D eigenvalue weighted by atomic mass is 9.95. The minimum absolute atomic E-state index is 0.0235. The fourth-order valence-corrected chi connectivity index (χ4v) is 4.45. The molecule has 2 rings (SSSR count). The number of amides is 1. The van der Waals surface area contributed by atoms with Crippen molar-refractivity contribution in [3.63, 3.8) is 0 Å². The van der Waals surface area contributed by atoms with Crippen LogP contribution in [0.15, 0.2) is 18.2 Å². The molecule has 1 aliphatic rings. The van der Waals surface area contributed by atoms with Crippen molar-refractivity contribution >= 4 is 33.2 Å². The summed E-state index contributed by atoms with van der Waals surface area (Å²) in [6, 6.07) is 5.34. The zero-order valence-corrected chi connectivity index (χ0v) is 15.8. The minimum atomic E-state index is -3.31. The van der Waals surface area contributed by atoms with Gasteiger partial charge in [-0.05, 0) is 37.5 Å². The lowest BCUT2D eigenvalue weighted by Gasteiger charge is -2.32. The number of anilines is 1. The van der Waals surface area contributed by atoms with E-state index in [0.29, 0.717) is 10.7 Å². The monoisotopic (exact) mass is 372 g/mol. The zero-order valence-electron chi connectivity index (χ0n) is 14.2. The van der Waals surface area contributed by atoms with Gasteiger partial charge in [-0.15, -0.1) is 0 Å². The highest BCUT2D eigenvalue weighted by atomic mass is 35.5. The molecule has 7 heteroatoms. The van der Waals surface area contributed by atoms with E-state index in [1.165, 1.54) is 10.6 Å². The van der Waals surface area contributed by atoms with Gasteiger partial charge in [-0.25, -0.2) is 8.42 Å². The summed E-state index contributed by atoms with van der Waals surface area (Å²) < 4.78 is 25.6. The molecule has 1 aromatic carbocycles. The Morgan fingerprint density at radius 3 is 2.54 bits per heavy atom.